The smallest absolute Gasteiger partial charge is 0.225 e. The number of carbonyl (C=O) groups excluding carboxylic acids is 1. The van der Waals surface area contributed by atoms with Gasteiger partial charge in [0.05, 0.1) is 5.92 Å². The number of aryl methyl sites for hydroxylation is 1. The first-order chi connectivity index (χ1) is 10.1. The van der Waals surface area contributed by atoms with Crippen LogP contribution >= 0.6 is 0 Å². The van der Waals surface area contributed by atoms with E-state index in [0.717, 1.165) is 44.9 Å². The molecule has 1 saturated carbocycles. The van der Waals surface area contributed by atoms with Crippen LogP contribution in [-0.4, -0.2) is 17.5 Å². The van der Waals surface area contributed by atoms with Crippen molar-refractivity contribution in [3.8, 4) is 0 Å². The van der Waals surface area contributed by atoms with Gasteiger partial charge in [0.15, 0.2) is 0 Å². The minimum Gasteiger partial charge on any atom is -0.353 e. The van der Waals surface area contributed by atoms with Gasteiger partial charge in [-0.1, -0.05) is 37.1 Å². The summed E-state index contributed by atoms with van der Waals surface area (Å²) in [6, 6.07) is 8.83. The minimum atomic E-state index is -0.338. The summed E-state index contributed by atoms with van der Waals surface area (Å²) in [4.78, 5) is 12.6. The molecule has 21 heavy (non-hydrogen) atoms. The predicted molar refractivity (Wildman–Crippen MR) is 84.9 cm³/mol. The fraction of sp³-hybridized carbons (Fsp3) is 0.611. The van der Waals surface area contributed by atoms with E-state index in [-0.39, 0.29) is 23.4 Å². The Kier molecular flexibility index (Phi) is 4.03. The number of fused-ring (bicyclic) bond motifs is 1. The molecule has 0 bridgehead atoms. The maximum absolute atomic E-state index is 12.6. The van der Waals surface area contributed by atoms with Crippen molar-refractivity contribution in [1.82, 2.24) is 5.32 Å². The van der Waals surface area contributed by atoms with Gasteiger partial charge in [-0.3, -0.25) is 4.79 Å². The van der Waals surface area contributed by atoms with Gasteiger partial charge in [0.1, 0.15) is 0 Å². The number of amides is 1. The summed E-state index contributed by atoms with van der Waals surface area (Å²) < 4.78 is 0. The van der Waals surface area contributed by atoms with Crippen LogP contribution in [0.25, 0.3) is 0 Å². The van der Waals surface area contributed by atoms with Crippen molar-refractivity contribution in [1.29, 1.82) is 0 Å². The summed E-state index contributed by atoms with van der Waals surface area (Å²) in [6.45, 7) is 2.03. The van der Waals surface area contributed by atoms with Crippen LogP contribution in [0, 0.1) is 5.92 Å². The van der Waals surface area contributed by atoms with E-state index in [1.165, 1.54) is 11.1 Å². The third-order valence-electron chi connectivity index (χ3n) is 5.26. The van der Waals surface area contributed by atoms with Gasteiger partial charge in [-0.15, -0.1) is 0 Å². The molecule has 0 saturated heterocycles. The lowest BCUT2D eigenvalue weighted by atomic mass is 9.74. The molecule has 3 nitrogen and oxygen atoms in total. The maximum Gasteiger partial charge on any atom is 0.225 e. The maximum atomic E-state index is 12.6. The Morgan fingerprint density at radius 1 is 1.24 bits per heavy atom. The molecule has 0 spiro atoms. The lowest BCUT2D eigenvalue weighted by Crippen LogP contribution is -2.54. The number of nitrogens with two attached hydrogens (primary N) is 1. The topological polar surface area (TPSA) is 55.1 Å². The van der Waals surface area contributed by atoms with E-state index in [9.17, 15) is 4.79 Å². The number of hydrogen-bond donors (Lipinski definition) is 2. The van der Waals surface area contributed by atoms with Crippen LogP contribution < -0.4 is 11.1 Å². The molecule has 1 aromatic carbocycles. The monoisotopic (exact) mass is 286 g/mol. The molecule has 1 aromatic rings. The van der Waals surface area contributed by atoms with E-state index in [0.29, 0.717) is 0 Å². The molecule has 3 atom stereocenters. The van der Waals surface area contributed by atoms with Crippen molar-refractivity contribution in [2.24, 2.45) is 11.7 Å². The van der Waals surface area contributed by atoms with E-state index in [1.54, 1.807) is 0 Å². The van der Waals surface area contributed by atoms with E-state index in [1.807, 2.05) is 6.92 Å². The third kappa shape index (κ3) is 3.13. The van der Waals surface area contributed by atoms with Gasteiger partial charge in [0.25, 0.3) is 0 Å². The first kappa shape index (κ1) is 14.6. The van der Waals surface area contributed by atoms with Gasteiger partial charge in [0.2, 0.25) is 5.91 Å². The summed E-state index contributed by atoms with van der Waals surface area (Å²) in [5.41, 5.74) is 8.82. The SMILES string of the molecule is CC1(N)CCCCC1C(=O)NC1CCc2ccccc2C1. The quantitative estimate of drug-likeness (QED) is 0.878. The average molecular weight is 286 g/mol. The number of carbonyl (C=O) groups is 1. The summed E-state index contributed by atoms with van der Waals surface area (Å²) in [5, 5.41) is 3.27. The van der Waals surface area contributed by atoms with Crippen LogP contribution in [0.4, 0.5) is 0 Å². The molecule has 0 aliphatic heterocycles. The highest BCUT2D eigenvalue weighted by atomic mass is 16.2. The van der Waals surface area contributed by atoms with E-state index in [2.05, 4.69) is 29.6 Å². The zero-order valence-corrected chi connectivity index (χ0v) is 12.9. The van der Waals surface area contributed by atoms with Gasteiger partial charge in [-0.05, 0) is 50.2 Å². The van der Waals surface area contributed by atoms with Crippen LogP contribution in [0.2, 0.25) is 0 Å². The molecule has 3 N–H and O–H groups in total. The first-order valence-corrected chi connectivity index (χ1v) is 8.22. The van der Waals surface area contributed by atoms with Gasteiger partial charge in [-0.25, -0.2) is 0 Å². The average Bonchev–Trinajstić information content (AvgIpc) is 2.46. The Labute approximate surface area is 127 Å². The van der Waals surface area contributed by atoms with Crippen LogP contribution in [0.15, 0.2) is 24.3 Å². The molecular weight excluding hydrogens is 260 g/mol. The van der Waals surface area contributed by atoms with Crippen LogP contribution in [0.1, 0.15) is 50.2 Å². The molecular formula is C18H26N2O. The number of nitrogens with one attached hydrogen (secondary N) is 1. The molecule has 0 radical (unpaired) electrons. The second-order valence-corrected chi connectivity index (χ2v) is 7.02. The largest absolute Gasteiger partial charge is 0.353 e. The molecule has 2 aliphatic rings. The number of hydrogen-bond acceptors (Lipinski definition) is 2. The summed E-state index contributed by atoms with van der Waals surface area (Å²) in [5.74, 6) is 0.146. The standard InChI is InChI=1S/C18H26N2O/c1-18(19)11-5-4-8-16(18)17(21)20-15-10-9-13-6-2-3-7-14(13)12-15/h2-3,6-7,15-16H,4-5,8-12,19H2,1H3,(H,20,21). The van der Waals surface area contributed by atoms with Crippen LogP contribution in [0.5, 0.6) is 0 Å². The highest BCUT2D eigenvalue weighted by molar-refractivity contribution is 5.80. The fourth-order valence-corrected chi connectivity index (χ4v) is 3.91. The molecule has 0 aromatic heterocycles. The molecule has 3 heteroatoms. The predicted octanol–water partition coefficient (Wildman–Crippen LogP) is 2.57. The summed E-state index contributed by atoms with van der Waals surface area (Å²) >= 11 is 0. The van der Waals surface area contributed by atoms with Crippen molar-refractivity contribution in [2.45, 2.75) is 63.5 Å². The molecule has 3 rings (SSSR count). The first-order valence-electron chi connectivity index (χ1n) is 8.22. The third-order valence-corrected chi connectivity index (χ3v) is 5.26. The van der Waals surface area contributed by atoms with Crippen molar-refractivity contribution < 1.29 is 4.79 Å². The van der Waals surface area contributed by atoms with Gasteiger partial charge < -0.3 is 11.1 Å². The second kappa shape index (κ2) is 5.80. The highest BCUT2D eigenvalue weighted by Crippen LogP contribution is 2.32. The van der Waals surface area contributed by atoms with Gasteiger partial charge >= 0.3 is 0 Å². The van der Waals surface area contributed by atoms with E-state index < -0.39 is 0 Å². The van der Waals surface area contributed by atoms with Crippen molar-refractivity contribution in [3.05, 3.63) is 35.4 Å². The Balaban J connectivity index is 1.63. The van der Waals surface area contributed by atoms with Crippen LogP contribution in [-0.2, 0) is 17.6 Å². The lowest BCUT2D eigenvalue weighted by Gasteiger charge is -2.38. The Hall–Kier alpha value is -1.35. The van der Waals surface area contributed by atoms with Crippen molar-refractivity contribution in [3.63, 3.8) is 0 Å². The van der Waals surface area contributed by atoms with Gasteiger partial charge in [0, 0.05) is 11.6 Å². The molecule has 1 fully saturated rings. The molecule has 2 aliphatic carbocycles. The minimum absolute atomic E-state index is 0.0246. The zero-order chi connectivity index (χ0) is 14.9. The van der Waals surface area contributed by atoms with Gasteiger partial charge in [-0.2, -0.15) is 0 Å². The van der Waals surface area contributed by atoms with Crippen LogP contribution in [0.3, 0.4) is 0 Å². The fourth-order valence-electron chi connectivity index (χ4n) is 3.91. The Morgan fingerprint density at radius 3 is 2.76 bits per heavy atom. The van der Waals surface area contributed by atoms with E-state index >= 15 is 0 Å². The Bertz CT molecular complexity index is 524. The Morgan fingerprint density at radius 2 is 2.00 bits per heavy atom. The normalized spacial score (nSPS) is 32.3. The number of benzene rings is 1. The molecule has 1 amide bonds. The highest BCUT2D eigenvalue weighted by Gasteiger charge is 2.38. The summed E-state index contributed by atoms with van der Waals surface area (Å²) in [7, 11) is 0. The summed E-state index contributed by atoms with van der Waals surface area (Å²) in [6.07, 6.45) is 7.21. The van der Waals surface area contributed by atoms with Crippen molar-refractivity contribution >= 4 is 5.91 Å². The molecule has 3 unspecified atom stereocenters. The molecule has 114 valence electrons. The second-order valence-electron chi connectivity index (χ2n) is 7.02. The van der Waals surface area contributed by atoms with E-state index in [4.69, 9.17) is 5.73 Å². The zero-order valence-electron chi connectivity index (χ0n) is 12.9. The molecule has 0 heterocycles. The lowest BCUT2D eigenvalue weighted by molar-refractivity contribution is -0.128. The number of rotatable bonds is 2. The van der Waals surface area contributed by atoms with Crippen molar-refractivity contribution in [2.75, 3.05) is 0 Å².